The number of benzene rings is 2. The van der Waals surface area contributed by atoms with Crippen molar-refractivity contribution in [2.75, 3.05) is 19.6 Å². The summed E-state index contributed by atoms with van der Waals surface area (Å²) in [5, 5.41) is 10.6. The fourth-order valence-electron chi connectivity index (χ4n) is 4.31. The molecule has 3 atom stereocenters. The largest absolute Gasteiger partial charge is 0.416 e. The summed E-state index contributed by atoms with van der Waals surface area (Å²) in [6.07, 6.45) is -5.79. The van der Waals surface area contributed by atoms with Gasteiger partial charge < -0.3 is 10.0 Å². The van der Waals surface area contributed by atoms with E-state index >= 15 is 0 Å². The van der Waals surface area contributed by atoms with Crippen molar-refractivity contribution in [2.45, 2.75) is 29.6 Å². The van der Waals surface area contributed by atoms with E-state index in [9.17, 15) is 35.9 Å². The van der Waals surface area contributed by atoms with Crippen molar-refractivity contribution in [1.29, 1.82) is 0 Å². The van der Waals surface area contributed by atoms with Gasteiger partial charge in [-0.05, 0) is 42.3 Å². The molecule has 2 aromatic rings. The summed E-state index contributed by atoms with van der Waals surface area (Å²) in [6.45, 7) is -0.131. The van der Waals surface area contributed by atoms with Gasteiger partial charge in [0.25, 0.3) is 0 Å². The van der Waals surface area contributed by atoms with E-state index in [2.05, 4.69) is 0 Å². The van der Waals surface area contributed by atoms with E-state index in [1.54, 1.807) is 0 Å². The number of carbonyl (C=O) groups excluding carboxylic acids is 1. The highest BCUT2D eigenvalue weighted by molar-refractivity contribution is 7.89. The molecule has 2 heterocycles. The molecule has 0 radical (unpaired) electrons. The first kappa shape index (κ1) is 22.7. The van der Waals surface area contributed by atoms with Gasteiger partial charge in [-0.3, -0.25) is 4.79 Å². The lowest BCUT2D eigenvalue weighted by molar-refractivity contribution is -0.138. The van der Waals surface area contributed by atoms with Crippen molar-refractivity contribution >= 4 is 15.9 Å². The standard InChI is InChI=1S/C21H20F4N2O4S/c22-15-5-1-3-13(9-15)19(28)18-11-16-12-26(7-8-27(16)20(18)29)32(30,31)17-6-2-4-14(10-17)21(23,24)25/h1-6,9-10,16,18-19,28H,7-8,11-12H2/t16-,18-,19?/m0/s1. The normalized spacial score (nSPS) is 23.3. The molecule has 1 amide bonds. The molecule has 0 aliphatic carbocycles. The van der Waals surface area contributed by atoms with Gasteiger partial charge >= 0.3 is 6.18 Å². The highest BCUT2D eigenvalue weighted by Gasteiger charge is 2.47. The molecule has 2 fully saturated rings. The molecule has 2 saturated heterocycles. The molecule has 0 spiro atoms. The van der Waals surface area contributed by atoms with Crippen LogP contribution in [0, 0.1) is 11.7 Å². The van der Waals surface area contributed by atoms with Gasteiger partial charge in [0.15, 0.2) is 0 Å². The van der Waals surface area contributed by atoms with Crippen LogP contribution in [0.4, 0.5) is 17.6 Å². The fraction of sp³-hybridized carbons (Fsp3) is 0.381. The van der Waals surface area contributed by atoms with E-state index in [-0.39, 0.29) is 37.5 Å². The molecule has 2 aliphatic heterocycles. The average Bonchev–Trinajstić information content (AvgIpc) is 3.08. The number of piperazine rings is 1. The van der Waals surface area contributed by atoms with Gasteiger partial charge in [0.2, 0.25) is 15.9 Å². The summed E-state index contributed by atoms with van der Waals surface area (Å²) in [5.74, 6) is -1.77. The highest BCUT2D eigenvalue weighted by Crippen LogP contribution is 2.37. The van der Waals surface area contributed by atoms with Crippen molar-refractivity contribution in [1.82, 2.24) is 9.21 Å². The van der Waals surface area contributed by atoms with Gasteiger partial charge in [0.1, 0.15) is 5.82 Å². The lowest BCUT2D eigenvalue weighted by atomic mass is 9.93. The van der Waals surface area contributed by atoms with E-state index in [0.717, 1.165) is 28.6 Å². The van der Waals surface area contributed by atoms with Gasteiger partial charge in [-0.25, -0.2) is 12.8 Å². The van der Waals surface area contributed by atoms with Gasteiger partial charge in [-0.2, -0.15) is 17.5 Å². The van der Waals surface area contributed by atoms with Gasteiger partial charge in [0, 0.05) is 25.7 Å². The van der Waals surface area contributed by atoms with Crippen LogP contribution in [-0.2, 0) is 21.0 Å². The van der Waals surface area contributed by atoms with E-state index < -0.39 is 50.5 Å². The Hall–Kier alpha value is -2.50. The number of nitrogens with zero attached hydrogens (tertiary/aromatic N) is 2. The highest BCUT2D eigenvalue weighted by atomic mass is 32.2. The molecular formula is C21H20F4N2O4S. The Morgan fingerprint density at radius 3 is 2.47 bits per heavy atom. The maximum atomic E-state index is 13.5. The van der Waals surface area contributed by atoms with Crippen LogP contribution in [0.3, 0.4) is 0 Å². The Bertz CT molecular complexity index is 1140. The molecule has 172 valence electrons. The Morgan fingerprint density at radius 2 is 1.78 bits per heavy atom. The molecule has 6 nitrogen and oxygen atoms in total. The van der Waals surface area contributed by atoms with E-state index in [1.165, 1.54) is 23.1 Å². The van der Waals surface area contributed by atoms with Crippen molar-refractivity contribution in [3.05, 3.63) is 65.5 Å². The summed E-state index contributed by atoms with van der Waals surface area (Å²) in [7, 11) is -4.21. The Morgan fingerprint density at radius 1 is 1.06 bits per heavy atom. The number of carbonyl (C=O) groups is 1. The van der Waals surface area contributed by atoms with E-state index in [0.29, 0.717) is 6.07 Å². The first-order valence-electron chi connectivity index (χ1n) is 9.90. The third-order valence-corrected chi connectivity index (χ3v) is 7.80. The van der Waals surface area contributed by atoms with Crippen molar-refractivity contribution < 1.29 is 35.9 Å². The quantitative estimate of drug-likeness (QED) is 0.695. The minimum absolute atomic E-state index is 0.0497. The Kier molecular flexibility index (Phi) is 5.76. The SMILES string of the molecule is O=C1[C@H](C(O)c2cccc(F)c2)C[C@H]2CN(S(=O)(=O)c3cccc(C(F)(F)F)c3)CCN12. The van der Waals surface area contributed by atoms with Gasteiger partial charge in [-0.15, -0.1) is 0 Å². The third kappa shape index (κ3) is 4.12. The minimum Gasteiger partial charge on any atom is -0.388 e. The van der Waals surface area contributed by atoms with Crippen LogP contribution >= 0.6 is 0 Å². The van der Waals surface area contributed by atoms with Crippen LogP contribution in [0.5, 0.6) is 0 Å². The Balaban J connectivity index is 1.53. The number of hydrogen-bond donors (Lipinski definition) is 1. The number of alkyl halides is 3. The zero-order valence-electron chi connectivity index (χ0n) is 16.7. The molecule has 2 aliphatic rings. The van der Waals surface area contributed by atoms with E-state index in [4.69, 9.17) is 0 Å². The van der Waals surface area contributed by atoms with Gasteiger partial charge in [0.05, 0.1) is 22.5 Å². The second-order valence-corrected chi connectivity index (χ2v) is 9.85. The first-order chi connectivity index (χ1) is 15.0. The minimum atomic E-state index is -4.68. The lowest BCUT2D eigenvalue weighted by Crippen LogP contribution is -2.53. The summed E-state index contributed by atoms with van der Waals surface area (Å²) in [5.41, 5.74) is -0.817. The molecular weight excluding hydrogens is 452 g/mol. The molecule has 11 heteroatoms. The average molecular weight is 472 g/mol. The Labute approximate surface area is 182 Å². The maximum absolute atomic E-state index is 13.5. The molecule has 0 saturated carbocycles. The number of aliphatic hydroxyl groups is 1. The molecule has 1 N–H and O–H groups in total. The zero-order valence-corrected chi connectivity index (χ0v) is 17.5. The number of halogens is 4. The van der Waals surface area contributed by atoms with Crippen molar-refractivity contribution in [3.8, 4) is 0 Å². The van der Waals surface area contributed by atoms with Crippen LogP contribution in [-0.4, -0.2) is 54.3 Å². The molecule has 1 unspecified atom stereocenters. The second kappa shape index (κ2) is 8.13. The molecule has 4 rings (SSSR count). The van der Waals surface area contributed by atoms with Gasteiger partial charge in [-0.1, -0.05) is 18.2 Å². The third-order valence-electron chi connectivity index (χ3n) is 5.94. The summed E-state index contributed by atoms with van der Waals surface area (Å²) >= 11 is 0. The van der Waals surface area contributed by atoms with Crippen LogP contribution in [0.1, 0.15) is 23.7 Å². The van der Waals surface area contributed by atoms with Crippen molar-refractivity contribution in [2.24, 2.45) is 5.92 Å². The predicted octanol–water partition coefficient (Wildman–Crippen LogP) is 2.80. The van der Waals surface area contributed by atoms with Crippen LogP contribution in [0.15, 0.2) is 53.4 Å². The van der Waals surface area contributed by atoms with Crippen LogP contribution in [0.25, 0.3) is 0 Å². The first-order valence-corrected chi connectivity index (χ1v) is 11.3. The molecule has 0 bridgehead atoms. The van der Waals surface area contributed by atoms with Crippen LogP contribution in [0.2, 0.25) is 0 Å². The number of amides is 1. The number of aliphatic hydroxyl groups excluding tert-OH is 1. The number of hydrogen-bond acceptors (Lipinski definition) is 4. The maximum Gasteiger partial charge on any atom is 0.416 e. The van der Waals surface area contributed by atoms with E-state index in [1.807, 2.05) is 0 Å². The molecule has 32 heavy (non-hydrogen) atoms. The number of fused-ring (bicyclic) bond motifs is 1. The van der Waals surface area contributed by atoms with Crippen LogP contribution < -0.4 is 0 Å². The second-order valence-electron chi connectivity index (χ2n) is 7.92. The topological polar surface area (TPSA) is 77.9 Å². The summed E-state index contributed by atoms with van der Waals surface area (Å²) in [4.78, 5) is 13.8. The molecule has 0 aromatic heterocycles. The lowest BCUT2D eigenvalue weighted by Gasteiger charge is -2.36. The number of sulfonamides is 1. The monoisotopic (exact) mass is 472 g/mol. The zero-order chi connectivity index (χ0) is 23.3. The number of rotatable bonds is 4. The molecule has 2 aromatic carbocycles. The summed E-state index contributed by atoms with van der Waals surface area (Å²) in [6, 6.07) is 8.27. The fourth-order valence-corrected chi connectivity index (χ4v) is 5.83. The summed E-state index contributed by atoms with van der Waals surface area (Å²) < 4.78 is 79.5. The predicted molar refractivity (Wildman–Crippen MR) is 105 cm³/mol. The smallest absolute Gasteiger partial charge is 0.388 e. The van der Waals surface area contributed by atoms with Crippen molar-refractivity contribution in [3.63, 3.8) is 0 Å².